The molecule has 0 aromatic rings. The van der Waals surface area contributed by atoms with Crippen LogP contribution in [-0.2, 0) is 47.4 Å². The normalized spacial score (nSPS) is 18.2. The number of hydrogen-bond donors (Lipinski definition) is 4. The Morgan fingerprint density at radius 2 is 0.500 bits per heavy atom. The van der Waals surface area contributed by atoms with Crippen LogP contribution in [0.3, 0.4) is 0 Å². The molecule has 0 spiro atoms. The Kier molecular flexibility index (Phi) is 206. The molecule has 0 bridgehead atoms. The summed E-state index contributed by atoms with van der Waals surface area (Å²) in [6.07, 6.45) is 21.9. The first kappa shape index (κ1) is 117. The lowest BCUT2D eigenvalue weighted by Crippen LogP contribution is -2.30. The number of ether oxygens (including phenoxy) is 10. The average Bonchev–Trinajstić information content (AvgIpc) is 4.55. The van der Waals surface area contributed by atoms with E-state index >= 15 is 0 Å². The largest absolute Gasteiger partial charge is 0.381 e. The fourth-order valence-electron chi connectivity index (χ4n) is 6.14. The predicted molar refractivity (Wildman–Crippen MR) is 416 cm³/mol. The van der Waals surface area contributed by atoms with Gasteiger partial charge < -0.3 is 63.3 Å². The highest BCUT2D eigenvalue weighted by molar-refractivity contribution is 8.12. The van der Waals surface area contributed by atoms with Gasteiger partial charge in [0.05, 0.1) is 85.0 Å². The van der Waals surface area contributed by atoms with Gasteiger partial charge in [-0.15, -0.1) is 11.8 Å². The van der Waals surface area contributed by atoms with E-state index in [1.54, 1.807) is 11.8 Å². The van der Waals surface area contributed by atoms with Crippen LogP contribution in [0.25, 0.3) is 0 Å². The SMILES string of the molecule is C1=NCCS1.C1CCNC1.C1CCNCC1.C1CCOC1.C1CCOCC1.C1CCSC1.C1CCSCC1.C1COCCN1.C1COCCO1.C1COCN1.C1COCO1.C1COCOC1.CC.CC.CC.CC.CC.CC.CC.CC.CC.CC.CC.CC. The highest BCUT2D eigenvalue weighted by Crippen LogP contribution is 2.15. The van der Waals surface area contributed by atoms with E-state index in [0.717, 1.165) is 138 Å². The fraction of sp³-hybridized carbons (Fsp3) is 0.986. The van der Waals surface area contributed by atoms with E-state index in [4.69, 9.17) is 47.4 Å². The van der Waals surface area contributed by atoms with Gasteiger partial charge in [0.1, 0.15) is 13.6 Å². The zero-order valence-corrected chi connectivity index (χ0v) is 68.0. The number of nitrogens with one attached hydrogen (secondary N) is 4. The van der Waals surface area contributed by atoms with Crippen LogP contribution in [0.5, 0.6) is 0 Å². The lowest BCUT2D eigenvalue weighted by molar-refractivity contribution is -0.0963. The highest BCUT2D eigenvalue weighted by atomic mass is 32.2. The van der Waals surface area contributed by atoms with E-state index in [1.165, 1.54) is 151 Å². The Morgan fingerprint density at radius 3 is 0.633 bits per heavy atom. The Morgan fingerprint density at radius 1 is 0.233 bits per heavy atom. The molecular weight excluding hydrogens is 1190 g/mol. The minimum atomic E-state index is 0.500. The molecule has 12 rings (SSSR count). The Bertz CT molecular complexity index is 621. The molecule has 11 saturated heterocycles. The second kappa shape index (κ2) is 158. The molecule has 12 aliphatic rings. The molecule has 18 heteroatoms. The van der Waals surface area contributed by atoms with Crippen LogP contribution in [0.1, 0.15) is 269 Å². The molecule has 12 aliphatic heterocycles. The zero-order valence-electron chi connectivity index (χ0n) is 65.6. The average molecular weight is 1360 g/mol. The molecule has 15 nitrogen and oxygen atoms in total. The van der Waals surface area contributed by atoms with Crippen LogP contribution in [0.4, 0.5) is 0 Å². The summed E-state index contributed by atoms with van der Waals surface area (Å²) in [6.45, 7) is 71.9. The van der Waals surface area contributed by atoms with Crippen molar-refractivity contribution in [1.29, 1.82) is 0 Å². The molecule has 0 atom stereocenters. The first-order valence-electron chi connectivity index (χ1n) is 37.9. The van der Waals surface area contributed by atoms with Crippen LogP contribution in [0.2, 0.25) is 0 Å². The van der Waals surface area contributed by atoms with E-state index in [0.29, 0.717) is 13.6 Å². The number of aliphatic imine (C=N–C) groups is 1. The summed E-state index contributed by atoms with van der Waals surface area (Å²) in [5, 5.41) is 12.7. The molecule has 0 aromatic heterocycles. The molecule has 11 fully saturated rings. The standard InChI is InChI=1S/C5H11N.C5H10O.C5H10S.C4H9NO.C4H9N.2C4H8O2.C4H8O.C4H8S.C3H7NO.C3H5NS.C3H6O2.12C2H6/c3*1-2-4-6-5-3-1;1-3-6-4-2-5-1;1-2-4-5-3-1;1-2-6-4-3-5-1;1-2-5-4-6-3-1;2*1-2-4-5-3-1;3*1-2-5-3-4-1;12*1-2/h6H,1-5H2;2*1-5H2;5H,1-4H2;5H,1-4H2;2*1-4H2;2*1-4H2;4H,1-3H2;3H,1-2H2;1-3H2;12*1-2H3. The lowest BCUT2D eigenvalue weighted by atomic mass is 10.2. The third-order valence-corrected chi connectivity index (χ3v) is 13.0. The molecule has 0 radical (unpaired) electrons. The topological polar surface area (TPSA) is 153 Å². The van der Waals surface area contributed by atoms with Gasteiger partial charge in [-0.25, -0.2) is 0 Å². The van der Waals surface area contributed by atoms with Gasteiger partial charge in [0.15, 0.2) is 0 Å². The van der Waals surface area contributed by atoms with Crippen molar-refractivity contribution in [2.24, 2.45) is 4.99 Å². The summed E-state index contributed by atoms with van der Waals surface area (Å²) in [5.41, 5.74) is 1.90. The van der Waals surface area contributed by atoms with Crippen molar-refractivity contribution in [2.75, 3.05) is 201 Å². The van der Waals surface area contributed by atoms with Crippen molar-refractivity contribution in [3.63, 3.8) is 0 Å². The lowest BCUT2D eigenvalue weighted by Gasteiger charge is -2.10. The van der Waals surface area contributed by atoms with E-state index < -0.39 is 0 Å². The van der Waals surface area contributed by atoms with Crippen molar-refractivity contribution >= 4 is 40.8 Å². The third-order valence-electron chi connectivity index (χ3n) is 9.96. The number of morpholine rings is 1. The van der Waals surface area contributed by atoms with Crippen molar-refractivity contribution < 1.29 is 47.4 Å². The summed E-state index contributed by atoms with van der Waals surface area (Å²) in [5.74, 6) is 6.86. The fourth-order valence-corrected chi connectivity index (χ4v) is 8.70. The van der Waals surface area contributed by atoms with Gasteiger partial charge >= 0.3 is 0 Å². The quantitative estimate of drug-likeness (QED) is 0.182. The van der Waals surface area contributed by atoms with Crippen molar-refractivity contribution in [3.8, 4) is 0 Å². The smallest absolute Gasteiger partial charge is 0.146 e. The maximum atomic E-state index is 5.07. The van der Waals surface area contributed by atoms with Crippen LogP contribution < -0.4 is 21.3 Å². The summed E-state index contributed by atoms with van der Waals surface area (Å²) in [4.78, 5) is 3.92. The van der Waals surface area contributed by atoms with Gasteiger partial charge in [0.2, 0.25) is 0 Å². The number of piperidine rings is 1. The van der Waals surface area contributed by atoms with Crippen molar-refractivity contribution in [3.05, 3.63) is 0 Å². The summed E-state index contributed by atoms with van der Waals surface area (Å²) >= 11 is 5.95. The molecule has 4 N–H and O–H groups in total. The molecule has 0 unspecified atom stereocenters. The number of nitrogens with zero attached hydrogens (tertiary/aromatic N) is 1. The second-order valence-electron chi connectivity index (χ2n) is 16.0. The minimum absolute atomic E-state index is 0.500. The first-order valence-corrected chi connectivity index (χ1v) is 41.2. The molecule has 562 valence electrons. The van der Waals surface area contributed by atoms with Gasteiger partial charge in [-0.1, -0.05) is 179 Å². The summed E-state index contributed by atoms with van der Waals surface area (Å²) in [7, 11) is 0. The summed E-state index contributed by atoms with van der Waals surface area (Å²) in [6, 6.07) is 0. The molecule has 0 amide bonds. The van der Waals surface area contributed by atoms with E-state index in [9.17, 15) is 0 Å². The first-order chi connectivity index (χ1) is 45.0. The van der Waals surface area contributed by atoms with Gasteiger partial charge in [0, 0.05) is 58.4 Å². The zero-order chi connectivity index (χ0) is 70.7. The van der Waals surface area contributed by atoms with Crippen LogP contribution in [0.15, 0.2) is 4.99 Å². The van der Waals surface area contributed by atoms with E-state index in [1.807, 2.05) is 172 Å². The predicted octanol–water partition coefficient (Wildman–Crippen LogP) is 19.2. The van der Waals surface area contributed by atoms with Crippen molar-refractivity contribution in [2.45, 2.75) is 269 Å². The molecule has 90 heavy (non-hydrogen) atoms. The third kappa shape index (κ3) is 153. The maximum Gasteiger partial charge on any atom is 0.146 e. The van der Waals surface area contributed by atoms with Gasteiger partial charge in [-0.2, -0.15) is 23.5 Å². The minimum Gasteiger partial charge on any atom is -0.381 e. The van der Waals surface area contributed by atoms with Crippen LogP contribution >= 0.6 is 35.3 Å². The second-order valence-corrected chi connectivity index (χ2v) is 19.4. The van der Waals surface area contributed by atoms with E-state index in [-0.39, 0.29) is 0 Å². The Labute approximate surface area is 580 Å². The summed E-state index contributed by atoms with van der Waals surface area (Å²) < 4.78 is 48.9. The Balaban J connectivity index is -0.0000000716. The van der Waals surface area contributed by atoms with Crippen LogP contribution in [-0.4, -0.2) is 206 Å². The van der Waals surface area contributed by atoms with Gasteiger partial charge in [-0.3, -0.25) is 10.3 Å². The molecular formula is C72H171N5O10S3. The van der Waals surface area contributed by atoms with Crippen molar-refractivity contribution in [1.82, 2.24) is 21.3 Å². The van der Waals surface area contributed by atoms with Crippen LogP contribution in [0, 0.1) is 0 Å². The van der Waals surface area contributed by atoms with Gasteiger partial charge in [0.25, 0.3) is 0 Å². The molecule has 12 heterocycles. The highest BCUT2D eigenvalue weighted by Gasteiger charge is 2.00. The number of hydrogen-bond acceptors (Lipinski definition) is 18. The monoisotopic (exact) mass is 1360 g/mol. The number of thioether (sulfide) groups is 3. The number of rotatable bonds is 0. The molecule has 0 aromatic carbocycles. The van der Waals surface area contributed by atoms with E-state index in [2.05, 4.69) is 49.8 Å². The Hall–Kier alpha value is 0.160. The maximum absolute atomic E-state index is 5.07. The van der Waals surface area contributed by atoms with Gasteiger partial charge in [-0.05, 0) is 139 Å². The molecule has 0 saturated carbocycles. The molecule has 0 aliphatic carbocycles.